The van der Waals surface area contributed by atoms with Crippen molar-refractivity contribution in [2.24, 2.45) is 0 Å². The second-order valence-electron chi connectivity index (χ2n) is 3.16. The number of hydrogen-bond acceptors (Lipinski definition) is 2. The molecule has 0 amide bonds. The van der Waals surface area contributed by atoms with Crippen LogP contribution in [0.15, 0.2) is 29.1 Å². The van der Waals surface area contributed by atoms with Crippen molar-refractivity contribution in [1.29, 1.82) is 0 Å². The van der Waals surface area contributed by atoms with Gasteiger partial charge in [-0.25, -0.2) is 0 Å². The van der Waals surface area contributed by atoms with E-state index in [-0.39, 0.29) is 5.43 Å². The summed E-state index contributed by atoms with van der Waals surface area (Å²) in [5.41, 5.74) is 1.45. The van der Waals surface area contributed by atoms with Crippen molar-refractivity contribution >= 4 is 10.9 Å². The molecular formula is C11H11NO2. The molecule has 3 nitrogen and oxygen atoms in total. The number of methoxy groups -OCH3 is 1. The number of benzene rings is 1. The molecule has 1 aromatic carbocycles. The Balaban J connectivity index is 2.92. The fourth-order valence-corrected chi connectivity index (χ4v) is 1.52. The highest BCUT2D eigenvalue weighted by Crippen LogP contribution is 2.15. The molecule has 2 rings (SSSR count). The van der Waals surface area contributed by atoms with Gasteiger partial charge in [-0.05, 0) is 19.1 Å². The zero-order valence-electron chi connectivity index (χ0n) is 8.13. The minimum absolute atomic E-state index is 0.0243. The van der Waals surface area contributed by atoms with Gasteiger partial charge in [-0.1, -0.05) is 12.1 Å². The van der Waals surface area contributed by atoms with Crippen LogP contribution in [-0.2, 0) is 0 Å². The summed E-state index contributed by atoms with van der Waals surface area (Å²) in [5.74, 6) is 0.536. The summed E-state index contributed by atoms with van der Waals surface area (Å²) in [6.07, 6.45) is 0. The monoisotopic (exact) mass is 189 g/mol. The van der Waals surface area contributed by atoms with E-state index in [1.807, 2.05) is 18.2 Å². The van der Waals surface area contributed by atoms with Crippen molar-refractivity contribution in [2.75, 3.05) is 7.11 Å². The van der Waals surface area contributed by atoms with Gasteiger partial charge in [0.25, 0.3) is 0 Å². The van der Waals surface area contributed by atoms with Crippen LogP contribution in [-0.4, -0.2) is 12.1 Å². The van der Waals surface area contributed by atoms with E-state index in [4.69, 9.17) is 4.74 Å². The summed E-state index contributed by atoms with van der Waals surface area (Å²) in [6, 6.07) is 7.40. The van der Waals surface area contributed by atoms with Crippen LogP contribution in [0.2, 0.25) is 0 Å². The Morgan fingerprint density at radius 1 is 1.29 bits per heavy atom. The van der Waals surface area contributed by atoms with Crippen molar-refractivity contribution < 1.29 is 4.74 Å². The molecule has 1 aromatic heterocycles. The molecule has 0 aliphatic rings. The van der Waals surface area contributed by atoms with Gasteiger partial charge in [-0.15, -0.1) is 0 Å². The van der Waals surface area contributed by atoms with Gasteiger partial charge in [-0.2, -0.15) is 0 Å². The zero-order valence-corrected chi connectivity index (χ0v) is 8.13. The lowest BCUT2D eigenvalue weighted by Gasteiger charge is -2.05. The molecule has 72 valence electrons. The quantitative estimate of drug-likeness (QED) is 0.743. The summed E-state index contributed by atoms with van der Waals surface area (Å²) < 4.78 is 5.08. The van der Waals surface area contributed by atoms with Gasteiger partial charge in [0.15, 0.2) is 11.3 Å². The first-order valence-corrected chi connectivity index (χ1v) is 4.39. The summed E-state index contributed by atoms with van der Waals surface area (Å²) >= 11 is 0. The maximum atomic E-state index is 11.8. The smallest absolute Gasteiger partial charge is 0.197 e. The summed E-state index contributed by atoms with van der Waals surface area (Å²) in [7, 11) is 1.55. The molecule has 0 fully saturated rings. The minimum atomic E-state index is 0.0243. The van der Waals surface area contributed by atoms with Gasteiger partial charge in [0, 0.05) is 5.39 Å². The lowest BCUT2D eigenvalue weighted by Crippen LogP contribution is -2.09. The summed E-state index contributed by atoms with van der Waals surface area (Å²) in [6.45, 7) is 1.75. The molecule has 14 heavy (non-hydrogen) atoms. The van der Waals surface area contributed by atoms with Gasteiger partial charge < -0.3 is 9.72 Å². The minimum Gasteiger partial charge on any atom is -0.482 e. The van der Waals surface area contributed by atoms with Crippen molar-refractivity contribution in [3.05, 3.63) is 40.1 Å². The molecular weight excluding hydrogens is 178 g/mol. The molecule has 0 radical (unpaired) electrons. The van der Waals surface area contributed by atoms with Crippen LogP contribution in [0.4, 0.5) is 0 Å². The molecule has 0 aliphatic carbocycles. The molecule has 0 saturated carbocycles. The first-order valence-electron chi connectivity index (χ1n) is 4.39. The van der Waals surface area contributed by atoms with E-state index in [1.165, 1.54) is 0 Å². The number of hydrogen-bond donors (Lipinski definition) is 1. The number of aromatic amines is 1. The summed E-state index contributed by atoms with van der Waals surface area (Å²) in [4.78, 5) is 14.9. The molecule has 0 bridgehead atoms. The zero-order chi connectivity index (χ0) is 10.1. The second-order valence-corrected chi connectivity index (χ2v) is 3.16. The van der Waals surface area contributed by atoms with Crippen LogP contribution in [0, 0.1) is 6.92 Å². The molecule has 3 heteroatoms. The van der Waals surface area contributed by atoms with Crippen LogP contribution in [0.1, 0.15) is 5.56 Å². The normalized spacial score (nSPS) is 10.4. The molecule has 2 aromatic rings. The van der Waals surface area contributed by atoms with E-state index in [0.717, 1.165) is 5.52 Å². The molecule has 1 heterocycles. The van der Waals surface area contributed by atoms with Crippen LogP contribution < -0.4 is 10.2 Å². The largest absolute Gasteiger partial charge is 0.482 e. The molecule has 0 aliphatic heterocycles. The van der Waals surface area contributed by atoms with E-state index in [9.17, 15) is 4.79 Å². The Kier molecular flexibility index (Phi) is 2.00. The molecule has 0 atom stereocenters. The number of para-hydroxylation sites is 1. The highest BCUT2D eigenvalue weighted by Gasteiger charge is 2.06. The Labute approximate surface area is 81.3 Å². The van der Waals surface area contributed by atoms with Crippen molar-refractivity contribution in [2.45, 2.75) is 6.92 Å². The van der Waals surface area contributed by atoms with Gasteiger partial charge in [0.2, 0.25) is 0 Å². The van der Waals surface area contributed by atoms with Crippen LogP contribution in [0.25, 0.3) is 10.9 Å². The number of H-pyrrole nitrogens is 1. The summed E-state index contributed by atoms with van der Waals surface area (Å²) in [5, 5.41) is 0.700. The van der Waals surface area contributed by atoms with E-state index in [2.05, 4.69) is 4.98 Å². The van der Waals surface area contributed by atoms with Crippen molar-refractivity contribution in [1.82, 2.24) is 4.98 Å². The number of aromatic nitrogens is 1. The van der Waals surface area contributed by atoms with Gasteiger partial charge in [-0.3, -0.25) is 4.79 Å². The Hall–Kier alpha value is -1.77. The van der Waals surface area contributed by atoms with Crippen molar-refractivity contribution in [3.8, 4) is 5.88 Å². The first-order chi connectivity index (χ1) is 6.74. The van der Waals surface area contributed by atoms with Crippen LogP contribution >= 0.6 is 0 Å². The molecule has 0 spiro atoms. The third-order valence-corrected chi connectivity index (χ3v) is 2.31. The lowest BCUT2D eigenvalue weighted by atomic mass is 10.1. The number of rotatable bonds is 1. The number of ether oxygens (including phenoxy) is 1. The van der Waals surface area contributed by atoms with E-state index in [1.54, 1.807) is 20.1 Å². The molecule has 0 saturated heterocycles. The topological polar surface area (TPSA) is 42.1 Å². The first kappa shape index (κ1) is 8.81. The lowest BCUT2D eigenvalue weighted by molar-refractivity contribution is 0.396. The standard InChI is InChI=1S/C11H11NO2/c1-7-10(13)8-5-3-4-6-9(8)12-11(7)14-2/h3-6H,1-2H3,(H,12,13). The van der Waals surface area contributed by atoms with Gasteiger partial charge in [0.1, 0.15) is 0 Å². The Morgan fingerprint density at radius 2 is 2.00 bits per heavy atom. The van der Waals surface area contributed by atoms with Crippen LogP contribution in [0.3, 0.4) is 0 Å². The Bertz CT molecular complexity index is 528. The number of nitrogens with one attached hydrogen (secondary N) is 1. The van der Waals surface area contributed by atoms with Gasteiger partial charge in [0.05, 0.1) is 18.2 Å². The third kappa shape index (κ3) is 1.18. The number of pyridine rings is 1. The molecule has 0 unspecified atom stereocenters. The highest BCUT2D eigenvalue weighted by atomic mass is 16.5. The SMILES string of the molecule is COc1[nH]c2ccccc2c(=O)c1C. The predicted octanol–water partition coefficient (Wildman–Crippen LogP) is 1.85. The number of fused-ring (bicyclic) bond motifs is 1. The maximum Gasteiger partial charge on any atom is 0.197 e. The van der Waals surface area contributed by atoms with E-state index < -0.39 is 0 Å². The average Bonchev–Trinajstić information content (AvgIpc) is 2.23. The van der Waals surface area contributed by atoms with E-state index in [0.29, 0.717) is 16.8 Å². The Morgan fingerprint density at radius 3 is 2.71 bits per heavy atom. The van der Waals surface area contributed by atoms with Crippen LogP contribution in [0.5, 0.6) is 5.88 Å². The second kappa shape index (κ2) is 3.18. The average molecular weight is 189 g/mol. The highest BCUT2D eigenvalue weighted by molar-refractivity contribution is 5.79. The maximum absolute atomic E-state index is 11.8. The molecule has 1 N–H and O–H groups in total. The van der Waals surface area contributed by atoms with E-state index >= 15 is 0 Å². The van der Waals surface area contributed by atoms with Crippen molar-refractivity contribution in [3.63, 3.8) is 0 Å². The predicted molar refractivity (Wildman–Crippen MR) is 55.9 cm³/mol. The van der Waals surface area contributed by atoms with Gasteiger partial charge >= 0.3 is 0 Å². The fraction of sp³-hybridized carbons (Fsp3) is 0.182. The fourth-order valence-electron chi connectivity index (χ4n) is 1.52. The third-order valence-electron chi connectivity index (χ3n) is 2.31.